The Labute approximate surface area is 185 Å². The minimum Gasteiger partial charge on any atom is -1.00 e. The molecule has 4 rings (SSSR count). The van der Waals surface area contributed by atoms with E-state index in [1.165, 1.54) is 46.4 Å². The third kappa shape index (κ3) is 4.17. The van der Waals surface area contributed by atoms with Crippen molar-refractivity contribution in [2.45, 2.75) is 12.8 Å². The first-order chi connectivity index (χ1) is 13.1. The molecule has 1 aliphatic rings. The Balaban J connectivity index is 0.00000225. The van der Waals surface area contributed by atoms with Crippen molar-refractivity contribution in [1.29, 1.82) is 0 Å². The normalized spacial score (nSPS) is 13.9. The van der Waals surface area contributed by atoms with Crippen molar-refractivity contribution < 1.29 is 28.5 Å². The number of aromatic nitrogens is 1. The molecule has 28 heavy (non-hydrogen) atoms. The van der Waals surface area contributed by atoms with Crippen LogP contribution in [0.2, 0.25) is 0 Å². The first kappa shape index (κ1) is 20.6. The predicted octanol–water partition coefficient (Wildman–Crippen LogP) is 1.50. The van der Waals surface area contributed by atoms with Crippen LogP contribution in [0.3, 0.4) is 0 Å². The molecule has 0 radical (unpaired) electrons. The van der Waals surface area contributed by atoms with Gasteiger partial charge in [-0.1, -0.05) is 42.5 Å². The highest BCUT2D eigenvalue weighted by Crippen LogP contribution is 2.25. The van der Waals surface area contributed by atoms with Crippen LogP contribution in [0.4, 0.5) is 11.5 Å². The number of anilines is 2. The van der Waals surface area contributed by atoms with Crippen LogP contribution < -0.4 is 38.3 Å². The zero-order valence-electron chi connectivity index (χ0n) is 16.9. The number of para-hydroxylation sites is 1. The summed E-state index contributed by atoms with van der Waals surface area (Å²) in [5.41, 5.74) is 5.01. The van der Waals surface area contributed by atoms with Crippen LogP contribution >= 0.6 is 0 Å². The molecule has 0 atom stereocenters. The van der Waals surface area contributed by atoms with Gasteiger partial charge in [0.15, 0.2) is 0 Å². The van der Waals surface area contributed by atoms with E-state index in [1.807, 2.05) is 0 Å². The average molecular weight is 485 g/mol. The Morgan fingerprint density at radius 2 is 1.61 bits per heavy atom. The maximum absolute atomic E-state index is 2.51. The van der Waals surface area contributed by atoms with Crippen molar-refractivity contribution in [2.24, 2.45) is 7.05 Å². The van der Waals surface area contributed by atoms with E-state index in [0.717, 1.165) is 13.1 Å². The first-order valence-electron chi connectivity index (χ1n) is 9.76. The van der Waals surface area contributed by atoms with Crippen LogP contribution in [0.1, 0.15) is 24.0 Å². The second-order valence-corrected chi connectivity index (χ2v) is 7.55. The van der Waals surface area contributed by atoms with Gasteiger partial charge in [-0.2, -0.15) is 0 Å². The summed E-state index contributed by atoms with van der Waals surface area (Å²) in [6.45, 7) is 2.31. The van der Waals surface area contributed by atoms with E-state index in [0.29, 0.717) is 0 Å². The summed E-state index contributed by atoms with van der Waals surface area (Å²) < 4.78 is 2.34. The Hall–Kier alpha value is -2.08. The topological polar surface area (TPSA) is 10.4 Å². The van der Waals surface area contributed by atoms with Crippen LogP contribution in [-0.4, -0.2) is 27.2 Å². The molecule has 1 aromatic heterocycles. The highest BCUT2D eigenvalue weighted by atomic mass is 127. The largest absolute Gasteiger partial charge is 1.00 e. The number of halogens is 1. The lowest BCUT2D eigenvalue weighted by atomic mass is 10.1. The number of benzene rings is 2. The summed E-state index contributed by atoms with van der Waals surface area (Å²) >= 11 is 0. The standard InChI is InChI=1S/C24H28N3.HI/c1-25(2)21-14-11-19(12-15-21)10-13-20-18-24(27-16-6-7-17-27)26(3)23-9-5-4-8-22(20)23;/h4-5,8-15,18H,6-7,16-17H2,1-3H3;1H/q+1;/p-1. The smallest absolute Gasteiger partial charge is 0.277 e. The quantitative estimate of drug-likeness (QED) is 0.410. The van der Waals surface area contributed by atoms with Crippen LogP contribution in [0.15, 0.2) is 54.6 Å². The minimum absolute atomic E-state index is 0. The van der Waals surface area contributed by atoms with E-state index < -0.39 is 0 Å². The van der Waals surface area contributed by atoms with Gasteiger partial charge in [0.05, 0.1) is 20.1 Å². The van der Waals surface area contributed by atoms with Crippen LogP contribution in [0.25, 0.3) is 23.1 Å². The molecule has 0 bridgehead atoms. The van der Waals surface area contributed by atoms with Gasteiger partial charge in [-0.3, -0.25) is 4.90 Å². The Morgan fingerprint density at radius 3 is 2.29 bits per heavy atom. The molecular formula is C24H28IN3. The number of nitrogens with zero attached hydrogens (tertiary/aromatic N) is 3. The van der Waals surface area contributed by atoms with Crippen molar-refractivity contribution >= 4 is 34.6 Å². The van der Waals surface area contributed by atoms with Crippen LogP contribution in [0, 0.1) is 0 Å². The Bertz CT molecular complexity index is 971. The van der Waals surface area contributed by atoms with Gasteiger partial charge in [0.1, 0.15) is 5.52 Å². The van der Waals surface area contributed by atoms with E-state index in [-0.39, 0.29) is 24.0 Å². The number of rotatable bonds is 4. The number of fused-ring (bicyclic) bond motifs is 1. The van der Waals surface area contributed by atoms with Crippen molar-refractivity contribution in [2.75, 3.05) is 37.0 Å². The Morgan fingerprint density at radius 1 is 0.929 bits per heavy atom. The second kappa shape index (κ2) is 8.95. The van der Waals surface area contributed by atoms with E-state index in [4.69, 9.17) is 0 Å². The lowest BCUT2D eigenvalue weighted by Gasteiger charge is -2.15. The molecule has 146 valence electrons. The summed E-state index contributed by atoms with van der Waals surface area (Å²) in [5, 5.41) is 1.30. The molecular weight excluding hydrogens is 457 g/mol. The molecule has 1 saturated heterocycles. The number of hydrogen-bond acceptors (Lipinski definition) is 2. The molecule has 0 saturated carbocycles. The molecule has 1 aliphatic heterocycles. The van der Waals surface area contributed by atoms with Crippen molar-refractivity contribution in [1.82, 2.24) is 0 Å². The lowest BCUT2D eigenvalue weighted by Crippen LogP contribution is -3.00. The summed E-state index contributed by atoms with van der Waals surface area (Å²) in [6, 6.07) is 19.7. The third-order valence-electron chi connectivity index (χ3n) is 5.50. The van der Waals surface area contributed by atoms with E-state index >= 15 is 0 Å². The van der Waals surface area contributed by atoms with Gasteiger partial charge in [-0.05, 0) is 42.2 Å². The van der Waals surface area contributed by atoms with Crippen molar-refractivity contribution in [3.8, 4) is 0 Å². The van der Waals surface area contributed by atoms with Crippen molar-refractivity contribution in [3.63, 3.8) is 0 Å². The minimum atomic E-state index is 0. The fourth-order valence-corrected chi connectivity index (χ4v) is 3.90. The molecule has 3 aromatic rings. The predicted molar refractivity (Wildman–Crippen MR) is 116 cm³/mol. The third-order valence-corrected chi connectivity index (χ3v) is 5.50. The molecule has 3 nitrogen and oxygen atoms in total. The average Bonchev–Trinajstić information content (AvgIpc) is 3.22. The molecule has 0 N–H and O–H groups in total. The van der Waals surface area contributed by atoms with Gasteiger partial charge in [0.2, 0.25) is 0 Å². The summed E-state index contributed by atoms with van der Waals surface area (Å²) in [4.78, 5) is 4.64. The molecule has 1 fully saturated rings. The Kier molecular flexibility index (Phi) is 6.60. The lowest BCUT2D eigenvalue weighted by molar-refractivity contribution is -0.632. The zero-order chi connectivity index (χ0) is 18.8. The molecule has 2 aromatic carbocycles. The van der Waals surface area contributed by atoms with Gasteiger partial charge < -0.3 is 28.9 Å². The SMILES string of the molecule is CN(C)c1ccc(/C=C/c2cc(N3CCCC3)[n+](C)c3ccccc23)cc1.[I-]. The number of hydrogen-bond donors (Lipinski definition) is 0. The summed E-state index contributed by atoms with van der Waals surface area (Å²) in [7, 11) is 6.32. The maximum atomic E-state index is 2.51. The number of aryl methyl sites for hydroxylation is 1. The molecule has 2 heterocycles. The van der Waals surface area contributed by atoms with Gasteiger partial charge in [-0.15, -0.1) is 0 Å². The number of pyridine rings is 1. The fourth-order valence-electron chi connectivity index (χ4n) is 3.90. The summed E-state index contributed by atoms with van der Waals surface area (Å²) in [6.07, 6.45) is 7.05. The molecule has 0 spiro atoms. The second-order valence-electron chi connectivity index (χ2n) is 7.55. The van der Waals surface area contributed by atoms with Gasteiger partial charge in [0, 0.05) is 31.2 Å². The van der Waals surface area contributed by atoms with Gasteiger partial charge in [0.25, 0.3) is 5.82 Å². The van der Waals surface area contributed by atoms with Crippen molar-refractivity contribution in [3.05, 3.63) is 65.7 Å². The monoisotopic (exact) mass is 485 g/mol. The van der Waals surface area contributed by atoms with Crippen LogP contribution in [-0.2, 0) is 7.05 Å². The molecule has 4 heteroatoms. The fraction of sp³-hybridized carbons (Fsp3) is 0.292. The highest BCUT2D eigenvalue weighted by molar-refractivity contribution is 5.90. The van der Waals surface area contributed by atoms with E-state index in [2.05, 4.69) is 102 Å². The summed E-state index contributed by atoms with van der Waals surface area (Å²) in [5.74, 6) is 1.31. The van der Waals surface area contributed by atoms with Gasteiger partial charge >= 0.3 is 0 Å². The first-order valence-corrected chi connectivity index (χ1v) is 9.76. The van der Waals surface area contributed by atoms with E-state index in [9.17, 15) is 0 Å². The van der Waals surface area contributed by atoms with Crippen LogP contribution in [0.5, 0.6) is 0 Å². The maximum Gasteiger partial charge on any atom is 0.277 e. The highest BCUT2D eigenvalue weighted by Gasteiger charge is 2.24. The molecule has 0 aliphatic carbocycles. The zero-order valence-corrected chi connectivity index (χ0v) is 19.1. The molecule has 0 unspecified atom stereocenters. The molecule has 0 amide bonds. The van der Waals surface area contributed by atoms with E-state index in [1.54, 1.807) is 0 Å². The van der Waals surface area contributed by atoms with Gasteiger partial charge in [-0.25, -0.2) is 4.57 Å².